The Bertz CT molecular complexity index is 1240. The Hall–Kier alpha value is -2.97. The van der Waals surface area contributed by atoms with Crippen molar-refractivity contribution in [3.05, 3.63) is 41.1 Å². The summed E-state index contributed by atoms with van der Waals surface area (Å²) in [5, 5.41) is 11.7. The van der Waals surface area contributed by atoms with Gasteiger partial charge in [-0.15, -0.1) is 0 Å². The molecule has 0 fully saturated rings. The lowest BCUT2D eigenvalue weighted by molar-refractivity contribution is -0.141. The second kappa shape index (κ2) is 5.76. The highest BCUT2D eigenvalue weighted by molar-refractivity contribution is 6.08. The first kappa shape index (κ1) is 17.2. The molecule has 1 aromatic carbocycles. The van der Waals surface area contributed by atoms with Crippen molar-refractivity contribution in [3.63, 3.8) is 0 Å². The monoisotopic (exact) mass is 389 g/mol. The van der Waals surface area contributed by atoms with Crippen LogP contribution in [0.3, 0.4) is 0 Å². The molecule has 0 spiro atoms. The van der Waals surface area contributed by atoms with E-state index < -0.39 is 17.7 Å². The minimum Gasteiger partial charge on any atom is -0.278 e. The first-order valence-electron chi connectivity index (χ1n) is 8.93. The topological polar surface area (TPSA) is 59.4 Å². The third-order valence-corrected chi connectivity index (χ3v) is 5.30. The van der Waals surface area contributed by atoms with E-state index in [2.05, 4.69) is 20.3 Å². The maximum atomic E-state index is 14.8. The SMILES string of the molecule is Cn1cc(-c2nc3c(F)cc4[nH]ncc4c3c3c2CCCC3)c(C(F)(F)F)n1. The fourth-order valence-corrected chi connectivity index (χ4v) is 4.18. The van der Waals surface area contributed by atoms with Crippen LogP contribution in [-0.4, -0.2) is 25.0 Å². The third-order valence-electron chi connectivity index (χ3n) is 5.30. The second-order valence-electron chi connectivity index (χ2n) is 7.10. The molecule has 5 nitrogen and oxygen atoms in total. The molecule has 0 radical (unpaired) electrons. The summed E-state index contributed by atoms with van der Waals surface area (Å²) in [6.07, 6.45) is 1.28. The molecule has 9 heteroatoms. The quantitative estimate of drug-likeness (QED) is 0.486. The number of aromatic nitrogens is 5. The summed E-state index contributed by atoms with van der Waals surface area (Å²) in [6, 6.07) is 1.28. The van der Waals surface area contributed by atoms with Gasteiger partial charge in [0.05, 0.1) is 23.0 Å². The van der Waals surface area contributed by atoms with Gasteiger partial charge in [-0.1, -0.05) is 0 Å². The molecule has 0 aliphatic heterocycles. The van der Waals surface area contributed by atoms with Gasteiger partial charge in [0.1, 0.15) is 5.52 Å². The zero-order valence-corrected chi connectivity index (χ0v) is 14.9. The van der Waals surface area contributed by atoms with E-state index in [1.165, 1.54) is 19.3 Å². The number of hydrogen-bond donors (Lipinski definition) is 1. The number of halogens is 4. The minimum atomic E-state index is -4.62. The Labute approximate surface area is 156 Å². The maximum Gasteiger partial charge on any atom is 0.435 e. The Morgan fingerprint density at radius 1 is 1.14 bits per heavy atom. The highest BCUT2D eigenvalue weighted by Gasteiger charge is 2.39. The standard InChI is InChI=1S/C19H15F4N5/c1-28-8-12(18(27-28)19(21,22)23)16-10-5-3-2-4-9(10)15-11-7-24-26-14(11)6-13(20)17(15)25-16/h6-8H,2-5H2,1H3,(H,24,26). The van der Waals surface area contributed by atoms with Crippen molar-refractivity contribution in [1.29, 1.82) is 0 Å². The normalized spacial score (nSPS) is 14.8. The molecule has 144 valence electrons. The number of rotatable bonds is 1. The fourth-order valence-electron chi connectivity index (χ4n) is 4.18. The van der Waals surface area contributed by atoms with Gasteiger partial charge in [-0.3, -0.25) is 9.78 Å². The van der Waals surface area contributed by atoms with Crippen molar-refractivity contribution in [3.8, 4) is 11.3 Å². The van der Waals surface area contributed by atoms with Crippen LogP contribution >= 0.6 is 0 Å². The molecule has 0 bridgehead atoms. The van der Waals surface area contributed by atoms with Crippen LogP contribution in [0.1, 0.15) is 29.7 Å². The third kappa shape index (κ3) is 2.42. The average molecular weight is 389 g/mol. The number of aryl methyl sites for hydroxylation is 2. The van der Waals surface area contributed by atoms with E-state index in [0.717, 1.165) is 34.0 Å². The summed E-state index contributed by atoms with van der Waals surface area (Å²) >= 11 is 0. The molecular formula is C19H15F4N5. The van der Waals surface area contributed by atoms with Crippen LogP contribution < -0.4 is 0 Å². The van der Waals surface area contributed by atoms with Crippen molar-refractivity contribution in [1.82, 2.24) is 25.0 Å². The molecule has 3 heterocycles. The van der Waals surface area contributed by atoms with E-state index in [9.17, 15) is 17.6 Å². The Balaban J connectivity index is 1.92. The lowest BCUT2D eigenvalue weighted by Gasteiger charge is -2.22. The van der Waals surface area contributed by atoms with Gasteiger partial charge in [0.15, 0.2) is 11.5 Å². The van der Waals surface area contributed by atoms with Crippen LogP contribution in [0.5, 0.6) is 0 Å². The molecule has 28 heavy (non-hydrogen) atoms. The first-order valence-corrected chi connectivity index (χ1v) is 8.93. The van der Waals surface area contributed by atoms with Crippen LogP contribution in [0.15, 0.2) is 18.5 Å². The Kier molecular flexibility index (Phi) is 3.53. The van der Waals surface area contributed by atoms with Crippen LogP contribution in [0.2, 0.25) is 0 Å². The van der Waals surface area contributed by atoms with E-state index in [1.807, 2.05) is 0 Å². The summed E-state index contributed by atoms with van der Waals surface area (Å²) in [7, 11) is 1.43. The molecule has 1 aliphatic carbocycles. The summed E-state index contributed by atoms with van der Waals surface area (Å²) in [5.74, 6) is -0.584. The van der Waals surface area contributed by atoms with Crippen molar-refractivity contribution in [2.75, 3.05) is 0 Å². The number of H-pyrrole nitrogens is 1. The predicted molar refractivity (Wildman–Crippen MR) is 95.2 cm³/mol. The van der Waals surface area contributed by atoms with Crippen molar-refractivity contribution in [2.45, 2.75) is 31.9 Å². The highest BCUT2D eigenvalue weighted by atomic mass is 19.4. The Morgan fingerprint density at radius 3 is 2.64 bits per heavy atom. The summed E-state index contributed by atoms with van der Waals surface area (Å²) in [4.78, 5) is 4.41. The molecule has 0 amide bonds. The lowest BCUT2D eigenvalue weighted by Crippen LogP contribution is -2.12. The van der Waals surface area contributed by atoms with Gasteiger partial charge >= 0.3 is 6.18 Å². The largest absolute Gasteiger partial charge is 0.435 e. The number of pyridine rings is 1. The molecule has 0 saturated heterocycles. The molecule has 3 aromatic heterocycles. The molecule has 0 saturated carbocycles. The van der Waals surface area contributed by atoms with Gasteiger partial charge in [-0.05, 0) is 36.8 Å². The molecule has 1 aliphatic rings. The van der Waals surface area contributed by atoms with Crippen molar-refractivity contribution in [2.24, 2.45) is 7.05 Å². The molecule has 1 N–H and O–H groups in total. The zero-order chi connectivity index (χ0) is 19.6. The predicted octanol–water partition coefficient (Wildman–Crippen LogP) is 4.55. The Morgan fingerprint density at radius 2 is 1.89 bits per heavy atom. The van der Waals surface area contributed by atoms with Gasteiger partial charge in [-0.25, -0.2) is 9.37 Å². The minimum absolute atomic E-state index is 0.0709. The van der Waals surface area contributed by atoms with Gasteiger partial charge in [0.2, 0.25) is 0 Å². The summed E-state index contributed by atoms with van der Waals surface area (Å²) in [6.45, 7) is 0. The number of fused-ring (bicyclic) bond motifs is 5. The van der Waals surface area contributed by atoms with Crippen LogP contribution in [-0.2, 0) is 26.1 Å². The average Bonchev–Trinajstić information content (AvgIpc) is 3.27. The van der Waals surface area contributed by atoms with Crippen LogP contribution in [0, 0.1) is 5.82 Å². The molecule has 0 atom stereocenters. The van der Waals surface area contributed by atoms with Crippen molar-refractivity contribution < 1.29 is 17.6 Å². The number of hydrogen-bond acceptors (Lipinski definition) is 3. The fraction of sp³-hybridized carbons (Fsp3) is 0.316. The van der Waals surface area contributed by atoms with Gasteiger partial charge in [-0.2, -0.15) is 23.4 Å². The van der Waals surface area contributed by atoms with E-state index >= 15 is 0 Å². The molecule has 5 rings (SSSR count). The summed E-state index contributed by atoms with van der Waals surface area (Å²) in [5.41, 5.74) is 1.27. The van der Waals surface area contributed by atoms with Gasteiger partial charge in [0.25, 0.3) is 0 Å². The second-order valence-corrected chi connectivity index (χ2v) is 7.10. The number of nitrogens with zero attached hydrogens (tertiary/aromatic N) is 4. The first-order chi connectivity index (χ1) is 13.3. The van der Waals surface area contributed by atoms with E-state index in [4.69, 9.17) is 0 Å². The van der Waals surface area contributed by atoms with Crippen LogP contribution in [0.25, 0.3) is 33.1 Å². The van der Waals surface area contributed by atoms with Crippen LogP contribution in [0.4, 0.5) is 17.6 Å². The van der Waals surface area contributed by atoms with E-state index in [1.54, 1.807) is 6.20 Å². The molecular weight excluding hydrogens is 374 g/mol. The summed E-state index contributed by atoms with van der Waals surface area (Å²) < 4.78 is 56.6. The van der Waals surface area contributed by atoms with Crippen molar-refractivity contribution >= 4 is 21.8 Å². The number of aromatic amines is 1. The smallest absolute Gasteiger partial charge is 0.278 e. The lowest BCUT2D eigenvalue weighted by atomic mass is 9.85. The maximum absolute atomic E-state index is 14.8. The highest BCUT2D eigenvalue weighted by Crippen LogP contribution is 2.42. The zero-order valence-electron chi connectivity index (χ0n) is 14.9. The number of benzene rings is 1. The molecule has 0 unspecified atom stereocenters. The number of nitrogens with one attached hydrogen (secondary N) is 1. The molecule has 4 aromatic rings. The van der Waals surface area contributed by atoms with E-state index in [-0.39, 0.29) is 16.8 Å². The van der Waals surface area contributed by atoms with Gasteiger partial charge in [0, 0.05) is 30.1 Å². The van der Waals surface area contributed by atoms with E-state index in [0.29, 0.717) is 23.7 Å². The van der Waals surface area contributed by atoms with Gasteiger partial charge < -0.3 is 0 Å². The number of alkyl halides is 3.